The molecule has 1 atom stereocenters. The van der Waals surface area contributed by atoms with Gasteiger partial charge in [-0.25, -0.2) is 14.4 Å². The average Bonchev–Trinajstić information content (AvgIpc) is 3.10. The number of anilines is 1. The molecule has 0 amide bonds. The number of nitrogens with one attached hydrogen (secondary N) is 3. The molecule has 160 valence electrons. The summed E-state index contributed by atoms with van der Waals surface area (Å²) in [6, 6.07) is 9.84. The van der Waals surface area contributed by atoms with Gasteiger partial charge in [0.1, 0.15) is 5.82 Å². The molecule has 0 saturated heterocycles. The van der Waals surface area contributed by atoms with Crippen LogP contribution in [0, 0.1) is 0 Å². The monoisotopic (exact) mass is 419 g/mol. The minimum atomic E-state index is -0.504. The topological polar surface area (TPSA) is 79.2 Å². The van der Waals surface area contributed by atoms with E-state index < -0.39 is 12.1 Å². The average molecular weight is 420 g/mol. The zero-order chi connectivity index (χ0) is 21.5. The van der Waals surface area contributed by atoms with E-state index in [-0.39, 0.29) is 0 Å². The Kier molecular flexibility index (Phi) is 4.94. The van der Waals surface area contributed by atoms with Crippen molar-refractivity contribution in [1.29, 1.82) is 0 Å². The number of aliphatic imine (C=N–C) groups is 1. The summed E-state index contributed by atoms with van der Waals surface area (Å²) in [4.78, 5) is 8.97. The Morgan fingerprint density at radius 1 is 1.23 bits per heavy atom. The lowest BCUT2D eigenvalue weighted by atomic mass is 10.0. The Hall–Kier alpha value is -3.26. The summed E-state index contributed by atoms with van der Waals surface area (Å²) in [5.41, 5.74) is 5.52. The van der Waals surface area contributed by atoms with Gasteiger partial charge >= 0.3 is 0 Å². The van der Waals surface area contributed by atoms with Gasteiger partial charge in [-0.1, -0.05) is 26.0 Å². The molecule has 5 rings (SSSR count). The summed E-state index contributed by atoms with van der Waals surface area (Å²) in [5.74, 6) is 0.642. The Morgan fingerprint density at radius 2 is 2.10 bits per heavy atom. The lowest BCUT2D eigenvalue weighted by molar-refractivity contribution is 0.620. The van der Waals surface area contributed by atoms with Crippen LogP contribution in [-0.4, -0.2) is 33.8 Å². The number of benzene rings is 1. The van der Waals surface area contributed by atoms with Gasteiger partial charge in [-0.05, 0) is 29.7 Å². The standard InChI is InChI=1S/C23H26FN7/c1-13(2)22-16-10-14(4-6-19(16)30-31(22)3)21-17(24)12-26-23(29-21)28-20-7-5-15-11-25-9-8-18(15)27-20/h4-7,10,12-13,23,25,29H,8-9,11H2,1-3H3,(H,27,28). The molecule has 8 heteroatoms. The molecule has 4 heterocycles. The number of halogens is 1. The molecular formula is C23H26FN7. The molecule has 0 aliphatic carbocycles. The van der Waals surface area contributed by atoms with Crippen molar-refractivity contribution in [2.75, 3.05) is 11.9 Å². The molecule has 2 aromatic heterocycles. The van der Waals surface area contributed by atoms with E-state index in [9.17, 15) is 4.39 Å². The van der Waals surface area contributed by atoms with E-state index in [1.165, 1.54) is 11.8 Å². The molecule has 0 radical (unpaired) electrons. The molecule has 3 aromatic rings. The first-order chi connectivity index (χ1) is 15.0. The summed E-state index contributed by atoms with van der Waals surface area (Å²) >= 11 is 0. The number of pyridine rings is 1. The van der Waals surface area contributed by atoms with Gasteiger partial charge in [-0.3, -0.25) is 4.68 Å². The Balaban J connectivity index is 1.41. The highest BCUT2D eigenvalue weighted by atomic mass is 19.1. The third-order valence-corrected chi connectivity index (χ3v) is 5.78. The normalized spacial score (nSPS) is 18.4. The maximum atomic E-state index is 14.7. The van der Waals surface area contributed by atoms with E-state index >= 15 is 0 Å². The molecule has 0 bridgehead atoms. The number of rotatable bonds is 4. The second-order valence-electron chi connectivity index (χ2n) is 8.32. The lowest BCUT2D eigenvalue weighted by Crippen LogP contribution is -2.37. The van der Waals surface area contributed by atoms with Gasteiger partial charge < -0.3 is 16.0 Å². The van der Waals surface area contributed by atoms with Crippen molar-refractivity contribution in [3.05, 3.63) is 58.7 Å². The first-order valence-electron chi connectivity index (χ1n) is 10.6. The van der Waals surface area contributed by atoms with E-state index in [1.807, 2.05) is 36.0 Å². The van der Waals surface area contributed by atoms with E-state index in [4.69, 9.17) is 4.98 Å². The van der Waals surface area contributed by atoms with Crippen LogP contribution in [0.3, 0.4) is 0 Å². The molecule has 0 spiro atoms. The number of hydrogen-bond acceptors (Lipinski definition) is 6. The van der Waals surface area contributed by atoms with Crippen LogP contribution in [0.4, 0.5) is 10.2 Å². The van der Waals surface area contributed by atoms with Gasteiger partial charge in [0.15, 0.2) is 12.1 Å². The van der Waals surface area contributed by atoms with E-state index in [1.54, 1.807) is 0 Å². The third-order valence-electron chi connectivity index (χ3n) is 5.78. The van der Waals surface area contributed by atoms with Crippen molar-refractivity contribution in [2.45, 2.75) is 39.0 Å². The highest BCUT2D eigenvalue weighted by Crippen LogP contribution is 2.29. The fourth-order valence-electron chi connectivity index (χ4n) is 4.36. The van der Waals surface area contributed by atoms with Gasteiger partial charge in [0.25, 0.3) is 0 Å². The summed E-state index contributed by atoms with van der Waals surface area (Å²) in [7, 11) is 1.95. The first kappa shape index (κ1) is 19.7. The lowest BCUT2D eigenvalue weighted by Gasteiger charge is -2.24. The fraction of sp³-hybridized carbons (Fsp3) is 0.348. The van der Waals surface area contributed by atoms with Crippen molar-refractivity contribution in [1.82, 2.24) is 25.4 Å². The summed E-state index contributed by atoms with van der Waals surface area (Å²) in [5, 5.41) is 15.4. The third kappa shape index (κ3) is 3.67. The molecule has 2 aliphatic heterocycles. The predicted molar refractivity (Wildman–Crippen MR) is 122 cm³/mol. The van der Waals surface area contributed by atoms with Crippen molar-refractivity contribution in [3.8, 4) is 0 Å². The molecule has 2 aliphatic rings. The van der Waals surface area contributed by atoms with Crippen LogP contribution >= 0.6 is 0 Å². The van der Waals surface area contributed by atoms with Gasteiger partial charge in [0.05, 0.1) is 17.4 Å². The zero-order valence-electron chi connectivity index (χ0n) is 17.9. The van der Waals surface area contributed by atoms with Gasteiger partial charge in [-0.15, -0.1) is 0 Å². The van der Waals surface area contributed by atoms with Gasteiger partial charge in [-0.2, -0.15) is 5.10 Å². The number of aromatic nitrogens is 3. The number of aryl methyl sites for hydroxylation is 1. The maximum Gasteiger partial charge on any atom is 0.195 e. The second-order valence-corrected chi connectivity index (χ2v) is 8.32. The second kappa shape index (κ2) is 7.77. The minimum absolute atomic E-state index is 0.310. The van der Waals surface area contributed by atoms with E-state index in [2.05, 4.69) is 46.0 Å². The Bertz CT molecular complexity index is 1210. The van der Waals surface area contributed by atoms with Crippen LogP contribution in [0.2, 0.25) is 0 Å². The van der Waals surface area contributed by atoms with Crippen LogP contribution in [-0.2, 0) is 20.0 Å². The van der Waals surface area contributed by atoms with Crippen LogP contribution in [0.5, 0.6) is 0 Å². The summed E-state index contributed by atoms with van der Waals surface area (Å²) in [6.45, 7) is 6.04. The molecule has 0 saturated carbocycles. The number of nitrogens with zero attached hydrogens (tertiary/aromatic N) is 4. The molecule has 7 nitrogen and oxygen atoms in total. The van der Waals surface area contributed by atoms with Crippen LogP contribution in [0.25, 0.3) is 16.6 Å². The largest absolute Gasteiger partial charge is 0.344 e. The number of hydrogen-bond donors (Lipinski definition) is 3. The smallest absolute Gasteiger partial charge is 0.195 e. The predicted octanol–water partition coefficient (Wildman–Crippen LogP) is 3.45. The van der Waals surface area contributed by atoms with Crippen molar-refractivity contribution < 1.29 is 4.39 Å². The maximum absolute atomic E-state index is 14.7. The number of fused-ring (bicyclic) bond motifs is 2. The molecule has 1 unspecified atom stereocenters. The van der Waals surface area contributed by atoms with Gasteiger partial charge in [0, 0.05) is 48.9 Å². The SMILES string of the molecule is CC(C)c1c2cc(C3=C(F)C=NC(Nc4ccc5c(n4)CCNC5)N3)ccc2nn1C. The first-order valence-corrected chi connectivity index (χ1v) is 10.6. The molecule has 0 fully saturated rings. The Labute approximate surface area is 180 Å². The van der Waals surface area contributed by atoms with Crippen molar-refractivity contribution >= 4 is 28.6 Å². The Morgan fingerprint density at radius 3 is 2.94 bits per heavy atom. The van der Waals surface area contributed by atoms with Crippen LogP contribution in [0.15, 0.2) is 41.2 Å². The zero-order valence-corrected chi connectivity index (χ0v) is 17.9. The summed E-state index contributed by atoms with van der Waals surface area (Å²) in [6.07, 6.45) is 1.66. The number of allylic oxidation sites excluding steroid dienone is 1. The fourth-order valence-corrected chi connectivity index (χ4v) is 4.36. The quantitative estimate of drug-likeness (QED) is 0.604. The molecule has 3 N–H and O–H groups in total. The van der Waals surface area contributed by atoms with E-state index in [0.29, 0.717) is 11.6 Å². The minimum Gasteiger partial charge on any atom is -0.344 e. The van der Waals surface area contributed by atoms with Crippen molar-refractivity contribution in [3.63, 3.8) is 0 Å². The van der Waals surface area contributed by atoms with Crippen molar-refractivity contribution in [2.24, 2.45) is 12.0 Å². The van der Waals surface area contributed by atoms with Crippen LogP contribution < -0.4 is 16.0 Å². The van der Waals surface area contributed by atoms with E-state index in [0.717, 1.165) is 53.2 Å². The van der Waals surface area contributed by atoms with Crippen LogP contribution in [0.1, 0.15) is 42.3 Å². The highest BCUT2D eigenvalue weighted by Gasteiger charge is 2.21. The van der Waals surface area contributed by atoms with Gasteiger partial charge in [0.2, 0.25) is 0 Å². The molecular weight excluding hydrogens is 393 g/mol. The molecule has 1 aromatic carbocycles. The highest BCUT2D eigenvalue weighted by molar-refractivity contribution is 5.93. The summed E-state index contributed by atoms with van der Waals surface area (Å²) < 4.78 is 16.6. The molecule has 31 heavy (non-hydrogen) atoms.